The minimum absolute atomic E-state index is 0.329. The summed E-state index contributed by atoms with van der Waals surface area (Å²) in [4.78, 5) is 32.1. The molecule has 1 aromatic rings. The Hall–Kier alpha value is -1.43. The Bertz CT molecular complexity index is 747. The lowest BCUT2D eigenvalue weighted by Gasteiger charge is -2.43. The number of anilines is 1. The normalized spacial score (nSPS) is 22.5. The third-order valence-electron chi connectivity index (χ3n) is 5.82. The van der Waals surface area contributed by atoms with Crippen LogP contribution in [0.5, 0.6) is 0 Å². The van der Waals surface area contributed by atoms with Crippen molar-refractivity contribution in [2.45, 2.75) is 65.9 Å². The van der Waals surface area contributed by atoms with Gasteiger partial charge in [-0.2, -0.15) is 0 Å². The summed E-state index contributed by atoms with van der Waals surface area (Å²) in [6.07, 6.45) is 6.01. The first-order valence-electron chi connectivity index (χ1n) is 9.96. The van der Waals surface area contributed by atoms with E-state index in [9.17, 15) is 9.59 Å². The van der Waals surface area contributed by atoms with Gasteiger partial charge >= 0.3 is 5.97 Å². The van der Waals surface area contributed by atoms with E-state index in [4.69, 9.17) is 4.74 Å². The topological polar surface area (TPSA) is 59.5 Å². The molecule has 2 heterocycles. The van der Waals surface area contributed by atoms with Gasteiger partial charge < -0.3 is 9.64 Å². The summed E-state index contributed by atoms with van der Waals surface area (Å²) in [5.41, 5.74) is 2.62. The smallest absolute Gasteiger partial charge is 0.380 e. The number of nitrogens with zero attached hydrogens (tertiary/aromatic N) is 2. The van der Waals surface area contributed by atoms with Crippen molar-refractivity contribution in [1.82, 2.24) is 4.98 Å². The molecule has 2 atom stereocenters. The van der Waals surface area contributed by atoms with Crippen LogP contribution in [0.15, 0.2) is 4.47 Å². The summed E-state index contributed by atoms with van der Waals surface area (Å²) in [6.45, 7) is 9.06. The van der Waals surface area contributed by atoms with Gasteiger partial charge in [0.05, 0.1) is 33.2 Å². The van der Waals surface area contributed by atoms with Crippen molar-refractivity contribution >= 4 is 33.4 Å². The molecule has 0 bridgehead atoms. The molecule has 0 aromatic carbocycles. The van der Waals surface area contributed by atoms with Crippen molar-refractivity contribution in [3.05, 3.63) is 21.4 Å². The SMILES string of the molecule is Cc1nc(C)c(C(=O)C(=O)OC(C)C)c(N2CC[C@H]3CCCC[C@H]3C2)c1Br. The van der Waals surface area contributed by atoms with Crippen LogP contribution in [-0.2, 0) is 9.53 Å². The van der Waals surface area contributed by atoms with Crippen LogP contribution >= 0.6 is 15.9 Å². The molecule has 1 aliphatic heterocycles. The molecule has 0 unspecified atom stereocenters. The molecule has 0 radical (unpaired) electrons. The quantitative estimate of drug-likeness (QED) is 0.391. The molecule has 3 rings (SSSR count). The number of Topliss-reactive ketones (excluding diaryl/α,β-unsaturated/α-hetero) is 1. The van der Waals surface area contributed by atoms with E-state index in [1.54, 1.807) is 20.8 Å². The van der Waals surface area contributed by atoms with Crippen LogP contribution in [0.2, 0.25) is 0 Å². The van der Waals surface area contributed by atoms with E-state index >= 15 is 0 Å². The summed E-state index contributed by atoms with van der Waals surface area (Å²) >= 11 is 3.65. The van der Waals surface area contributed by atoms with Crippen LogP contribution in [0.25, 0.3) is 0 Å². The predicted molar refractivity (Wildman–Crippen MR) is 109 cm³/mol. The maximum Gasteiger partial charge on any atom is 0.380 e. The van der Waals surface area contributed by atoms with E-state index in [1.165, 1.54) is 25.7 Å². The van der Waals surface area contributed by atoms with Gasteiger partial charge in [0, 0.05) is 13.1 Å². The Kier molecular flexibility index (Phi) is 6.24. The average molecular weight is 437 g/mol. The monoisotopic (exact) mass is 436 g/mol. The summed E-state index contributed by atoms with van der Waals surface area (Å²) in [6, 6.07) is 0. The Morgan fingerprint density at radius 1 is 1.11 bits per heavy atom. The predicted octanol–water partition coefficient (Wildman–Crippen LogP) is 4.61. The van der Waals surface area contributed by atoms with Gasteiger partial charge in [-0.3, -0.25) is 9.78 Å². The maximum atomic E-state index is 12.9. The first-order chi connectivity index (χ1) is 12.8. The number of aryl methyl sites for hydroxylation is 2. The minimum Gasteiger partial charge on any atom is -0.457 e. The molecular formula is C21H29BrN2O3. The number of ketones is 1. The molecule has 2 fully saturated rings. The van der Waals surface area contributed by atoms with Gasteiger partial charge in [-0.1, -0.05) is 19.3 Å². The standard InChI is InChI=1S/C21H29BrN2O3/c1-12(2)27-21(26)20(25)17-13(3)23-14(4)18(22)19(17)24-10-9-15-7-5-6-8-16(15)11-24/h12,15-16H,5-11H2,1-4H3/t15-,16+/m1/s1. The van der Waals surface area contributed by atoms with Crippen molar-refractivity contribution in [1.29, 1.82) is 0 Å². The molecule has 1 saturated heterocycles. The molecule has 1 saturated carbocycles. The Morgan fingerprint density at radius 3 is 2.44 bits per heavy atom. The first kappa shape index (κ1) is 20.3. The number of halogens is 1. The van der Waals surface area contributed by atoms with Gasteiger partial charge in [-0.05, 0) is 68.3 Å². The van der Waals surface area contributed by atoms with Crippen molar-refractivity contribution < 1.29 is 14.3 Å². The number of fused-ring (bicyclic) bond motifs is 1. The zero-order chi connectivity index (χ0) is 19.7. The van der Waals surface area contributed by atoms with E-state index in [-0.39, 0.29) is 6.10 Å². The third-order valence-corrected chi connectivity index (χ3v) is 6.77. The fourth-order valence-corrected chi connectivity index (χ4v) is 5.09. The summed E-state index contributed by atoms with van der Waals surface area (Å²) in [7, 11) is 0. The highest BCUT2D eigenvalue weighted by atomic mass is 79.9. The molecule has 0 amide bonds. The number of esters is 1. The Balaban J connectivity index is 1.98. The minimum atomic E-state index is -0.806. The van der Waals surface area contributed by atoms with Crippen molar-refractivity contribution in [3.63, 3.8) is 0 Å². The van der Waals surface area contributed by atoms with E-state index in [1.807, 2.05) is 6.92 Å². The van der Waals surface area contributed by atoms with Crippen LogP contribution < -0.4 is 4.90 Å². The lowest BCUT2D eigenvalue weighted by molar-refractivity contribution is -0.141. The molecule has 0 N–H and O–H groups in total. The summed E-state index contributed by atoms with van der Waals surface area (Å²) < 4.78 is 5.98. The third kappa shape index (κ3) is 4.20. The summed E-state index contributed by atoms with van der Waals surface area (Å²) in [5, 5.41) is 0. The highest BCUT2D eigenvalue weighted by Gasteiger charge is 2.35. The first-order valence-corrected chi connectivity index (χ1v) is 10.8. The highest BCUT2D eigenvalue weighted by molar-refractivity contribution is 9.10. The second kappa shape index (κ2) is 8.29. The second-order valence-electron chi connectivity index (χ2n) is 8.14. The lowest BCUT2D eigenvalue weighted by Crippen LogP contribution is -2.43. The second-order valence-corrected chi connectivity index (χ2v) is 8.94. The van der Waals surface area contributed by atoms with Gasteiger partial charge in [0.2, 0.25) is 0 Å². The zero-order valence-corrected chi connectivity index (χ0v) is 18.3. The molecule has 2 aliphatic rings. The van der Waals surface area contributed by atoms with E-state index in [2.05, 4.69) is 25.8 Å². The van der Waals surface area contributed by atoms with Gasteiger partial charge in [0.15, 0.2) is 0 Å². The fourth-order valence-electron chi connectivity index (χ4n) is 4.55. The molecule has 27 heavy (non-hydrogen) atoms. The van der Waals surface area contributed by atoms with Crippen LogP contribution in [0.4, 0.5) is 5.69 Å². The van der Waals surface area contributed by atoms with Crippen LogP contribution in [0.3, 0.4) is 0 Å². The maximum absolute atomic E-state index is 12.9. The van der Waals surface area contributed by atoms with E-state index < -0.39 is 11.8 Å². The van der Waals surface area contributed by atoms with Gasteiger partial charge in [-0.15, -0.1) is 0 Å². The van der Waals surface area contributed by atoms with Crippen LogP contribution in [0.1, 0.15) is 67.7 Å². The Labute approximate surface area is 170 Å². The number of aromatic nitrogens is 1. The lowest BCUT2D eigenvalue weighted by atomic mass is 9.75. The van der Waals surface area contributed by atoms with Crippen LogP contribution in [0, 0.1) is 25.7 Å². The van der Waals surface area contributed by atoms with E-state index in [0.717, 1.165) is 41.3 Å². The molecule has 1 aromatic heterocycles. The van der Waals surface area contributed by atoms with Gasteiger partial charge in [0.1, 0.15) is 0 Å². The number of ether oxygens (including phenoxy) is 1. The number of piperidine rings is 1. The molecular weight excluding hydrogens is 408 g/mol. The average Bonchev–Trinajstić information content (AvgIpc) is 2.63. The molecule has 5 nitrogen and oxygen atoms in total. The highest BCUT2D eigenvalue weighted by Crippen LogP contribution is 2.41. The fraction of sp³-hybridized carbons (Fsp3) is 0.667. The molecule has 1 aliphatic carbocycles. The number of pyridine rings is 1. The zero-order valence-electron chi connectivity index (χ0n) is 16.7. The number of carbonyl (C=O) groups is 2. The number of carbonyl (C=O) groups excluding carboxylic acids is 2. The van der Waals surface area contributed by atoms with Crippen molar-refractivity contribution in [2.75, 3.05) is 18.0 Å². The number of rotatable bonds is 4. The van der Waals surface area contributed by atoms with Crippen molar-refractivity contribution in [2.24, 2.45) is 11.8 Å². The number of hydrogen-bond acceptors (Lipinski definition) is 5. The summed E-state index contributed by atoms with van der Waals surface area (Å²) in [5.74, 6) is 0.0521. The van der Waals surface area contributed by atoms with Crippen molar-refractivity contribution in [3.8, 4) is 0 Å². The molecule has 148 valence electrons. The van der Waals surface area contributed by atoms with Gasteiger partial charge in [-0.25, -0.2) is 4.79 Å². The largest absolute Gasteiger partial charge is 0.457 e. The molecule has 0 spiro atoms. The molecule has 6 heteroatoms. The Morgan fingerprint density at radius 2 is 1.78 bits per heavy atom. The number of hydrogen-bond donors (Lipinski definition) is 0. The van der Waals surface area contributed by atoms with Crippen LogP contribution in [-0.4, -0.2) is 35.9 Å². The van der Waals surface area contributed by atoms with E-state index in [0.29, 0.717) is 17.2 Å². The van der Waals surface area contributed by atoms with Gasteiger partial charge in [0.25, 0.3) is 5.78 Å².